The Kier molecular flexibility index (Phi) is 3.65. The minimum atomic E-state index is -0.351. The molecule has 0 saturated heterocycles. The lowest BCUT2D eigenvalue weighted by atomic mass is 9.83. The first-order chi connectivity index (χ1) is 10.6. The lowest BCUT2D eigenvalue weighted by Crippen LogP contribution is -2.21. The van der Waals surface area contributed by atoms with Gasteiger partial charge in [0, 0.05) is 22.8 Å². The predicted molar refractivity (Wildman–Crippen MR) is 80.6 cm³/mol. The van der Waals surface area contributed by atoms with Crippen LogP contribution in [0.2, 0.25) is 0 Å². The highest BCUT2D eigenvalue weighted by Gasteiger charge is 2.32. The Morgan fingerprint density at radius 2 is 1.68 bits per heavy atom. The zero-order valence-corrected chi connectivity index (χ0v) is 11.8. The maximum absolute atomic E-state index is 12.5. The van der Waals surface area contributed by atoms with E-state index in [0.717, 1.165) is 0 Å². The Balaban J connectivity index is 2.06. The van der Waals surface area contributed by atoms with Gasteiger partial charge in [0.2, 0.25) is 0 Å². The molecule has 3 N–H and O–H groups in total. The summed E-state index contributed by atoms with van der Waals surface area (Å²) in [6.45, 7) is 0.870. The van der Waals surface area contributed by atoms with Crippen molar-refractivity contribution >= 4 is 11.6 Å². The van der Waals surface area contributed by atoms with Crippen molar-refractivity contribution in [1.29, 1.82) is 0 Å². The molecular weight excluding hydrogens is 282 g/mol. The predicted octanol–water partition coefficient (Wildman–Crippen LogP) is 1.90. The van der Waals surface area contributed by atoms with Crippen molar-refractivity contribution in [3.05, 3.63) is 58.7 Å². The fourth-order valence-electron chi connectivity index (χ4n) is 2.53. The molecule has 0 fully saturated rings. The third kappa shape index (κ3) is 2.25. The van der Waals surface area contributed by atoms with Crippen LogP contribution in [0.1, 0.15) is 38.3 Å². The van der Waals surface area contributed by atoms with Crippen LogP contribution in [0.15, 0.2) is 36.4 Å². The summed E-state index contributed by atoms with van der Waals surface area (Å²) >= 11 is 0. The fourth-order valence-corrected chi connectivity index (χ4v) is 2.53. The maximum Gasteiger partial charge on any atom is 0.198 e. The molecule has 1 aliphatic rings. The van der Waals surface area contributed by atoms with Crippen molar-refractivity contribution in [1.82, 2.24) is 0 Å². The molecule has 2 aromatic rings. The van der Waals surface area contributed by atoms with Crippen LogP contribution in [-0.2, 0) is 0 Å². The van der Waals surface area contributed by atoms with E-state index in [0.29, 0.717) is 36.4 Å². The second-order valence-corrected chi connectivity index (χ2v) is 5.06. The molecule has 22 heavy (non-hydrogen) atoms. The first-order valence-electron chi connectivity index (χ1n) is 7.01. The fraction of sp³-hybridized carbons (Fsp3) is 0.176. The maximum atomic E-state index is 12.5. The molecule has 5 nitrogen and oxygen atoms in total. The Morgan fingerprint density at radius 3 is 2.36 bits per heavy atom. The van der Waals surface area contributed by atoms with Crippen molar-refractivity contribution in [2.45, 2.75) is 6.42 Å². The molecule has 5 heteroatoms. The van der Waals surface area contributed by atoms with Crippen molar-refractivity contribution in [2.75, 3.05) is 13.2 Å². The Morgan fingerprint density at radius 1 is 1.00 bits per heavy atom. The largest absolute Gasteiger partial charge is 0.507 e. The number of ketones is 2. The summed E-state index contributed by atoms with van der Waals surface area (Å²) in [6, 6.07) is 9.45. The van der Waals surface area contributed by atoms with E-state index in [-0.39, 0.29) is 28.4 Å². The van der Waals surface area contributed by atoms with Crippen molar-refractivity contribution in [2.24, 2.45) is 5.73 Å². The number of hydrogen-bond donors (Lipinski definition) is 2. The molecule has 0 atom stereocenters. The third-order valence-electron chi connectivity index (χ3n) is 3.60. The Hall–Kier alpha value is -2.66. The van der Waals surface area contributed by atoms with Crippen LogP contribution in [0.4, 0.5) is 0 Å². The van der Waals surface area contributed by atoms with Crippen LogP contribution in [0.3, 0.4) is 0 Å². The summed E-state index contributed by atoms with van der Waals surface area (Å²) in [6.07, 6.45) is 0.660. The van der Waals surface area contributed by atoms with Crippen LogP contribution >= 0.6 is 0 Å². The number of fused-ring (bicyclic) bond motifs is 2. The molecule has 1 aliphatic carbocycles. The second kappa shape index (κ2) is 5.61. The van der Waals surface area contributed by atoms with Gasteiger partial charge in [0.1, 0.15) is 11.5 Å². The third-order valence-corrected chi connectivity index (χ3v) is 3.60. The van der Waals surface area contributed by atoms with Gasteiger partial charge in [0.15, 0.2) is 11.6 Å². The van der Waals surface area contributed by atoms with Crippen molar-refractivity contribution in [3.63, 3.8) is 0 Å². The number of hydrogen-bond acceptors (Lipinski definition) is 5. The van der Waals surface area contributed by atoms with E-state index in [1.165, 1.54) is 12.1 Å². The van der Waals surface area contributed by atoms with Gasteiger partial charge in [0.05, 0.1) is 12.2 Å². The monoisotopic (exact) mass is 297 g/mol. The van der Waals surface area contributed by atoms with Crippen molar-refractivity contribution in [3.8, 4) is 11.5 Å². The molecule has 0 radical (unpaired) electrons. The second-order valence-electron chi connectivity index (χ2n) is 5.06. The highest BCUT2D eigenvalue weighted by Crippen LogP contribution is 2.35. The van der Waals surface area contributed by atoms with Gasteiger partial charge in [-0.3, -0.25) is 9.59 Å². The van der Waals surface area contributed by atoms with Gasteiger partial charge in [0.25, 0.3) is 0 Å². The molecule has 0 spiro atoms. The van der Waals surface area contributed by atoms with Gasteiger partial charge >= 0.3 is 0 Å². The standard InChI is InChI=1S/C17H15NO4/c18-6-3-7-22-10-8-13-15(14(19)9-10)17(21)12-5-2-1-4-11(12)16(13)20/h1-2,4-5,8-9,19H,3,6-7,18H2. The zero-order chi connectivity index (χ0) is 15.7. The van der Waals surface area contributed by atoms with E-state index in [1.54, 1.807) is 24.3 Å². The van der Waals surface area contributed by atoms with E-state index in [2.05, 4.69) is 0 Å². The number of carbonyl (C=O) groups excluding carboxylic acids is 2. The number of ether oxygens (including phenoxy) is 1. The zero-order valence-electron chi connectivity index (χ0n) is 11.8. The minimum Gasteiger partial charge on any atom is -0.507 e. The first-order valence-corrected chi connectivity index (χ1v) is 7.01. The molecular formula is C17H15NO4. The Bertz CT molecular complexity index is 767. The topological polar surface area (TPSA) is 89.6 Å². The normalized spacial score (nSPS) is 12.8. The molecule has 0 aliphatic heterocycles. The van der Waals surface area contributed by atoms with Crippen LogP contribution < -0.4 is 10.5 Å². The van der Waals surface area contributed by atoms with E-state index in [4.69, 9.17) is 10.5 Å². The van der Waals surface area contributed by atoms with Gasteiger partial charge in [-0.2, -0.15) is 0 Å². The molecule has 0 amide bonds. The van der Waals surface area contributed by atoms with Crippen LogP contribution in [0.5, 0.6) is 11.5 Å². The molecule has 0 aromatic heterocycles. The van der Waals surface area contributed by atoms with E-state index < -0.39 is 0 Å². The van der Waals surface area contributed by atoms with E-state index in [1.807, 2.05) is 0 Å². The molecule has 2 aromatic carbocycles. The SMILES string of the molecule is NCCCOc1cc(O)c2c(c1)C(=O)c1ccccc1C2=O. The number of phenolic OH excluding ortho intramolecular Hbond substituents is 1. The van der Waals surface area contributed by atoms with Gasteiger partial charge in [-0.15, -0.1) is 0 Å². The number of benzene rings is 2. The summed E-state index contributed by atoms with van der Waals surface area (Å²) in [5, 5.41) is 10.1. The lowest BCUT2D eigenvalue weighted by molar-refractivity contribution is 0.0976. The molecule has 0 heterocycles. The van der Waals surface area contributed by atoms with Gasteiger partial charge in [-0.25, -0.2) is 0 Å². The summed E-state index contributed by atoms with van der Waals surface area (Å²) < 4.78 is 5.46. The van der Waals surface area contributed by atoms with Crippen LogP contribution in [0.25, 0.3) is 0 Å². The van der Waals surface area contributed by atoms with Gasteiger partial charge in [-0.1, -0.05) is 24.3 Å². The van der Waals surface area contributed by atoms with E-state index in [9.17, 15) is 14.7 Å². The average molecular weight is 297 g/mol. The number of phenols is 1. The van der Waals surface area contributed by atoms with E-state index >= 15 is 0 Å². The lowest BCUT2D eigenvalue weighted by Gasteiger charge is -2.19. The minimum absolute atomic E-state index is 0.0369. The number of aromatic hydroxyl groups is 1. The number of nitrogens with two attached hydrogens (primary N) is 1. The molecule has 0 bridgehead atoms. The summed E-state index contributed by atoms with van der Waals surface area (Å²) in [5.41, 5.74) is 6.27. The summed E-state index contributed by atoms with van der Waals surface area (Å²) in [4.78, 5) is 25.0. The summed E-state index contributed by atoms with van der Waals surface area (Å²) in [7, 11) is 0. The van der Waals surface area contributed by atoms with Crippen LogP contribution in [-0.4, -0.2) is 29.8 Å². The molecule has 3 rings (SSSR count). The Labute approximate surface area is 127 Å². The number of carbonyl (C=O) groups is 2. The highest BCUT2D eigenvalue weighted by atomic mass is 16.5. The van der Waals surface area contributed by atoms with Gasteiger partial charge in [-0.05, 0) is 19.0 Å². The quantitative estimate of drug-likeness (QED) is 0.718. The average Bonchev–Trinajstić information content (AvgIpc) is 2.52. The van der Waals surface area contributed by atoms with Crippen molar-refractivity contribution < 1.29 is 19.4 Å². The summed E-state index contributed by atoms with van der Waals surface area (Å²) in [5.74, 6) is -0.528. The van der Waals surface area contributed by atoms with Gasteiger partial charge < -0.3 is 15.6 Å². The number of rotatable bonds is 4. The molecule has 0 saturated carbocycles. The molecule has 112 valence electrons. The highest BCUT2D eigenvalue weighted by molar-refractivity contribution is 6.29. The first kappa shape index (κ1) is 14.3. The van der Waals surface area contributed by atoms with Crippen LogP contribution in [0, 0.1) is 0 Å². The molecule has 0 unspecified atom stereocenters. The smallest absolute Gasteiger partial charge is 0.198 e.